The molecule has 0 saturated heterocycles. The summed E-state index contributed by atoms with van der Waals surface area (Å²) in [5, 5.41) is 0. The SMILES string of the molecule is CC1CCCC(CCNS(=O)(=O)c2cnccc2N)C1. The Balaban J connectivity index is 1.88. The molecule has 112 valence electrons. The normalized spacial score (nSPS) is 23.6. The van der Waals surface area contributed by atoms with E-state index in [1.807, 2.05) is 0 Å². The average Bonchev–Trinajstić information content (AvgIpc) is 2.39. The van der Waals surface area contributed by atoms with Gasteiger partial charge in [-0.15, -0.1) is 0 Å². The van der Waals surface area contributed by atoms with Gasteiger partial charge in [0.1, 0.15) is 4.90 Å². The van der Waals surface area contributed by atoms with Crippen molar-refractivity contribution >= 4 is 15.7 Å². The lowest BCUT2D eigenvalue weighted by Crippen LogP contribution is -2.28. The van der Waals surface area contributed by atoms with Gasteiger partial charge in [0.25, 0.3) is 0 Å². The molecule has 0 radical (unpaired) electrons. The Morgan fingerprint density at radius 3 is 2.95 bits per heavy atom. The van der Waals surface area contributed by atoms with E-state index in [1.54, 1.807) is 0 Å². The van der Waals surface area contributed by atoms with Gasteiger partial charge in [0, 0.05) is 18.9 Å². The van der Waals surface area contributed by atoms with Gasteiger partial charge in [0.05, 0.1) is 5.69 Å². The van der Waals surface area contributed by atoms with Crippen molar-refractivity contribution in [3.63, 3.8) is 0 Å². The molecule has 5 nitrogen and oxygen atoms in total. The lowest BCUT2D eigenvalue weighted by Gasteiger charge is -2.26. The van der Waals surface area contributed by atoms with Gasteiger partial charge in [-0.3, -0.25) is 4.98 Å². The molecule has 1 aromatic rings. The number of nitrogens with one attached hydrogen (secondary N) is 1. The van der Waals surface area contributed by atoms with Gasteiger partial charge in [-0.25, -0.2) is 13.1 Å². The lowest BCUT2D eigenvalue weighted by atomic mass is 9.81. The third kappa shape index (κ3) is 3.93. The van der Waals surface area contributed by atoms with Gasteiger partial charge in [-0.2, -0.15) is 0 Å². The van der Waals surface area contributed by atoms with E-state index in [-0.39, 0.29) is 10.6 Å². The Labute approximate surface area is 121 Å². The summed E-state index contributed by atoms with van der Waals surface area (Å²) >= 11 is 0. The highest BCUT2D eigenvalue weighted by molar-refractivity contribution is 7.89. The molecule has 0 aromatic carbocycles. The molecule has 3 N–H and O–H groups in total. The molecule has 1 aliphatic rings. The van der Waals surface area contributed by atoms with Crippen molar-refractivity contribution in [1.29, 1.82) is 0 Å². The van der Waals surface area contributed by atoms with Gasteiger partial charge in [0.15, 0.2) is 0 Å². The lowest BCUT2D eigenvalue weighted by molar-refractivity contribution is 0.271. The summed E-state index contributed by atoms with van der Waals surface area (Å²) in [6, 6.07) is 1.50. The van der Waals surface area contributed by atoms with Gasteiger partial charge < -0.3 is 5.73 Å². The van der Waals surface area contributed by atoms with E-state index in [4.69, 9.17) is 5.73 Å². The first-order chi connectivity index (χ1) is 9.49. The highest BCUT2D eigenvalue weighted by Crippen LogP contribution is 2.30. The summed E-state index contributed by atoms with van der Waals surface area (Å²) in [7, 11) is -3.54. The number of hydrogen-bond acceptors (Lipinski definition) is 4. The van der Waals surface area contributed by atoms with E-state index in [0.717, 1.165) is 12.3 Å². The predicted molar refractivity (Wildman–Crippen MR) is 79.6 cm³/mol. The molecular weight excluding hydrogens is 274 g/mol. The van der Waals surface area contributed by atoms with Crippen molar-refractivity contribution in [3.05, 3.63) is 18.5 Å². The van der Waals surface area contributed by atoms with E-state index in [2.05, 4.69) is 16.6 Å². The zero-order chi connectivity index (χ0) is 14.6. The topological polar surface area (TPSA) is 85.1 Å². The minimum absolute atomic E-state index is 0.0667. The first-order valence-corrected chi connectivity index (χ1v) is 8.66. The van der Waals surface area contributed by atoms with Crippen molar-refractivity contribution in [1.82, 2.24) is 9.71 Å². The number of rotatable bonds is 5. The van der Waals surface area contributed by atoms with Crippen LogP contribution >= 0.6 is 0 Å². The van der Waals surface area contributed by atoms with Crippen molar-refractivity contribution < 1.29 is 8.42 Å². The molecular formula is C14H23N3O2S. The fourth-order valence-corrected chi connectivity index (χ4v) is 4.03. The standard InChI is InChI=1S/C14H23N3O2S/c1-11-3-2-4-12(9-11)5-8-17-20(18,19)14-10-16-7-6-13(14)15/h6-7,10-12,17H,2-5,8-9H2,1H3,(H2,15,16). The van der Waals surface area contributed by atoms with Crippen LogP contribution in [-0.4, -0.2) is 19.9 Å². The molecule has 1 aliphatic carbocycles. The average molecular weight is 297 g/mol. The van der Waals surface area contributed by atoms with Crippen LogP contribution in [0.1, 0.15) is 39.0 Å². The van der Waals surface area contributed by atoms with Crippen molar-refractivity contribution in [2.24, 2.45) is 11.8 Å². The Bertz CT molecular complexity index is 545. The monoisotopic (exact) mass is 297 g/mol. The number of anilines is 1. The second-order valence-electron chi connectivity index (χ2n) is 5.74. The third-order valence-electron chi connectivity index (χ3n) is 4.00. The van der Waals surface area contributed by atoms with Crippen LogP contribution in [0.2, 0.25) is 0 Å². The van der Waals surface area contributed by atoms with Crippen LogP contribution in [0.3, 0.4) is 0 Å². The van der Waals surface area contributed by atoms with Crippen LogP contribution in [0.15, 0.2) is 23.4 Å². The molecule has 1 heterocycles. The Hall–Kier alpha value is -1.14. The van der Waals surface area contributed by atoms with E-state index in [0.29, 0.717) is 12.5 Å². The minimum atomic E-state index is -3.54. The largest absolute Gasteiger partial charge is 0.398 e. The van der Waals surface area contributed by atoms with Gasteiger partial charge in [-0.1, -0.05) is 26.2 Å². The van der Waals surface area contributed by atoms with Crippen LogP contribution in [0.5, 0.6) is 0 Å². The van der Waals surface area contributed by atoms with E-state index in [1.165, 1.54) is 44.1 Å². The minimum Gasteiger partial charge on any atom is -0.398 e. The molecule has 1 fully saturated rings. The van der Waals surface area contributed by atoms with Gasteiger partial charge in [-0.05, 0) is 30.7 Å². The number of pyridine rings is 1. The number of sulfonamides is 1. The smallest absolute Gasteiger partial charge is 0.244 e. The molecule has 20 heavy (non-hydrogen) atoms. The molecule has 2 unspecified atom stereocenters. The zero-order valence-corrected chi connectivity index (χ0v) is 12.7. The van der Waals surface area contributed by atoms with E-state index >= 15 is 0 Å². The number of hydrogen-bond donors (Lipinski definition) is 2. The summed E-state index contributed by atoms with van der Waals surface area (Å²) in [5.74, 6) is 1.40. The number of nitrogens with zero attached hydrogens (tertiary/aromatic N) is 1. The van der Waals surface area contributed by atoms with Crippen molar-refractivity contribution in [2.75, 3.05) is 12.3 Å². The number of aromatic nitrogens is 1. The first kappa shape index (κ1) is 15.3. The highest BCUT2D eigenvalue weighted by Gasteiger charge is 2.21. The molecule has 0 spiro atoms. The maximum Gasteiger partial charge on any atom is 0.244 e. The van der Waals surface area contributed by atoms with Gasteiger partial charge in [0.2, 0.25) is 10.0 Å². The quantitative estimate of drug-likeness (QED) is 0.872. The molecule has 6 heteroatoms. The maximum absolute atomic E-state index is 12.1. The Morgan fingerprint density at radius 1 is 1.45 bits per heavy atom. The molecule has 2 rings (SSSR count). The van der Waals surface area contributed by atoms with Crippen LogP contribution in [0.4, 0.5) is 5.69 Å². The fourth-order valence-electron chi connectivity index (χ4n) is 2.91. The second kappa shape index (κ2) is 6.54. The second-order valence-corrected chi connectivity index (χ2v) is 7.47. The summed E-state index contributed by atoms with van der Waals surface area (Å²) in [4.78, 5) is 3.89. The first-order valence-electron chi connectivity index (χ1n) is 7.18. The van der Waals surface area contributed by atoms with E-state index < -0.39 is 10.0 Å². The van der Waals surface area contributed by atoms with E-state index in [9.17, 15) is 8.42 Å². The van der Waals surface area contributed by atoms with Crippen molar-refractivity contribution in [2.45, 2.75) is 43.9 Å². The fraction of sp³-hybridized carbons (Fsp3) is 0.643. The summed E-state index contributed by atoms with van der Waals surface area (Å²) in [6.45, 7) is 2.74. The van der Waals surface area contributed by atoms with Crippen LogP contribution in [-0.2, 0) is 10.0 Å². The van der Waals surface area contributed by atoms with Crippen LogP contribution in [0.25, 0.3) is 0 Å². The maximum atomic E-state index is 12.1. The number of nitrogen functional groups attached to an aromatic ring is 1. The predicted octanol–water partition coefficient (Wildman–Crippen LogP) is 2.16. The van der Waals surface area contributed by atoms with Gasteiger partial charge >= 0.3 is 0 Å². The molecule has 0 aliphatic heterocycles. The molecule has 0 bridgehead atoms. The molecule has 0 amide bonds. The summed E-state index contributed by atoms with van der Waals surface area (Å²) < 4.78 is 26.9. The highest BCUT2D eigenvalue weighted by atomic mass is 32.2. The van der Waals surface area contributed by atoms with Crippen molar-refractivity contribution in [3.8, 4) is 0 Å². The van der Waals surface area contributed by atoms with Crippen LogP contribution in [0, 0.1) is 11.8 Å². The van der Waals surface area contributed by atoms with Crippen LogP contribution < -0.4 is 10.5 Å². The molecule has 1 aromatic heterocycles. The zero-order valence-electron chi connectivity index (χ0n) is 11.9. The molecule has 1 saturated carbocycles. The Morgan fingerprint density at radius 2 is 2.25 bits per heavy atom. The Kier molecular flexibility index (Phi) is 4.99. The molecule has 2 atom stereocenters. The number of nitrogens with two attached hydrogens (primary N) is 1. The summed E-state index contributed by atoms with van der Waals surface area (Å²) in [6.07, 6.45) is 8.64. The third-order valence-corrected chi connectivity index (χ3v) is 5.50. The summed E-state index contributed by atoms with van der Waals surface area (Å²) in [5.41, 5.74) is 5.92.